The van der Waals surface area contributed by atoms with Gasteiger partial charge < -0.3 is 20.4 Å². The van der Waals surface area contributed by atoms with Crippen LogP contribution in [0.15, 0.2) is 23.0 Å². The van der Waals surface area contributed by atoms with Gasteiger partial charge in [0, 0.05) is 12.6 Å². The molecule has 1 fully saturated rings. The number of hydrogen-bond acceptors (Lipinski definition) is 3. The second-order valence-corrected chi connectivity index (χ2v) is 5.56. The van der Waals surface area contributed by atoms with Gasteiger partial charge in [0.1, 0.15) is 0 Å². The number of rotatable bonds is 4. The highest BCUT2D eigenvalue weighted by molar-refractivity contribution is 5.75. The summed E-state index contributed by atoms with van der Waals surface area (Å²) in [4.78, 5) is 16.7. The summed E-state index contributed by atoms with van der Waals surface area (Å²) in [6.45, 7) is 0.885. The molecule has 4 N–H and O–H groups in total. The van der Waals surface area contributed by atoms with E-state index in [0.29, 0.717) is 6.10 Å². The number of nitrogens with two attached hydrogens (primary N) is 1. The minimum Gasteiger partial charge on any atom is -0.378 e. The highest BCUT2D eigenvalue weighted by Gasteiger charge is 2.16. The second kappa shape index (κ2) is 5.81. The molecule has 1 aromatic carbocycles. The zero-order valence-corrected chi connectivity index (χ0v) is 11.5. The summed E-state index contributed by atoms with van der Waals surface area (Å²) >= 11 is 0. The average Bonchev–Trinajstić information content (AvgIpc) is 2.85. The molecule has 2 heterocycles. The Morgan fingerprint density at radius 2 is 2.15 bits per heavy atom. The Morgan fingerprint density at radius 1 is 1.30 bits per heavy atom. The van der Waals surface area contributed by atoms with E-state index in [-0.39, 0.29) is 11.7 Å². The molecule has 0 radical (unpaired) electrons. The van der Waals surface area contributed by atoms with Crippen LogP contribution in [0.1, 0.15) is 43.7 Å². The summed E-state index contributed by atoms with van der Waals surface area (Å²) in [5.41, 5.74) is 8.77. The van der Waals surface area contributed by atoms with Crippen LogP contribution in [-0.2, 0) is 4.74 Å². The lowest BCUT2D eigenvalue weighted by molar-refractivity contribution is 0.00912. The maximum atomic E-state index is 11.2. The van der Waals surface area contributed by atoms with Crippen molar-refractivity contribution in [3.05, 3.63) is 34.2 Å². The number of H-pyrrole nitrogens is 2. The molecule has 1 aliphatic heterocycles. The molecule has 0 aliphatic carbocycles. The van der Waals surface area contributed by atoms with Gasteiger partial charge in [-0.05, 0) is 49.8 Å². The van der Waals surface area contributed by atoms with Gasteiger partial charge in [0.25, 0.3) is 0 Å². The van der Waals surface area contributed by atoms with E-state index in [2.05, 4.69) is 9.97 Å². The third-order valence-electron chi connectivity index (χ3n) is 4.04. The molecule has 0 saturated carbocycles. The average molecular weight is 275 g/mol. The summed E-state index contributed by atoms with van der Waals surface area (Å²) in [6, 6.07) is 5.83. The van der Waals surface area contributed by atoms with Crippen molar-refractivity contribution >= 4 is 11.0 Å². The first-order chi connectivity index (χ1) is 9.72. The molecule has 1 aliphatic rings. The Hall–Kier alpha value is -1.59. The second-order valence-electron chi connectivity index (χ2n) is 5.56. The minimum atomic E-state index is -0.179. The Bertz CT molecular complexity index is 625. The lowest BCUT2D eigenvalue weighted by Gasteiger charge is -2.23. The lowest BCUT2D eigenvalue weighted by atomic mass is 9.97. The zero-order valence-electron chi connectivity index (χ0n) is 11.5. The first kappa shape index (κ1) is 13.4. The Morgan fingerprint density at radius 3 is 2.95 bits per heavy atom. The van der Waals surface area contributed by atoms with E-state index in [0.717, 1.165) is 42.5 Å². The molecule has 5 nitrogen and oxygen atoms in total. The molecule has 0 amide bonds. The van der Waals surface area contributed by atoms with E-state index in [9.17, 15) is 4.79 Å². The van der Waals surface area contributed by atoms with Gasteiger partial charge in [-0.1, -0.05) is 6.07 Å². The molecule has 1 saturated heterocycles. The normalized spacial score (nSPS) is 21.1. The Labute approximate surface area is 117 Å². The molecule has 2 aromatic rings. The van der Waals surface area contributed by atoms with Gasteiger partial charge in [-0.2, -0.15) is 0 Å². The van der Waals surface area contributed by atoms with Crippen molar-refractivity contribution in [2.75, 3.05) is 6.61 Å². The zero-order chi connectivity index (χ0) is 13.9. The van der Waals surface area contributed by atoms with E-state index in [1.54, 1.807) is 0 Å². The fraction of sp³-hybridized carbons (Fsp3) is 0.533. The quantitative estimate of drug-likeness (QED) is 0.799. The van der Waals surface area contributed by atoms with Crippen molar-refractivity contribution in [2.45, 2.75) is 44.2 Å². The Kier molecular flexibility index (Phi) is 3.89. The first-order valence-electron chi connectivity index (χ1n) is 7.31. The van der Waals surface area contributed by atoms with Crippen LogP contribution in [-0.4, -0.2) is 22.7 Å². The van der Waals surface area contributed by atoms with Crippen LogP contribution in [0.2, 0.25) is 0 Å². The Balaban J connectivity index is 1.65. The molecular weight excluding hydrogens is 254 g/mol. The van der Waals surface area contributed by atoms with Crippen molar-refractivity contribution in [1.29, 1.82) is 0 Å². The maximum absolute atomic E-state index is 11.2. The molecule has 2 atom stereocenters. The molecule has 5 heteroatoms. The number of hydrogen-bond donors (Lipinski definition) is 3. The van der Waals surface area contributed by atoms with Crippen molar-refractivity contribution in [3.8, 4) is 0 Å². The lowest BCUT2D eigenvalue weighted by Crippen LogP contribution is -2.21. The van der Waals surface area contributed by atoms with Gasteiger partial charge in [0.05, 0.1) is 17.1 Å². The van der Waals surface area contributed by atoms with Crippen LogP contribution >= 0.6 is 0 Å². The van der Waals surface area contributed by atoms with Crippen LogP contribution in [0.4, 0.5) is 0 Å². The summed E-state index contributed by atoms with van der Waals surface area (Å²) in [5.74, 6) is 0. The van der Waals surface area contributed by atoms with Gasteiger partial charge in [-0.3, -0.25) is 0 Å². The van der Waals surface area contributed by atoms with E-state index in [1.807, 2.05) is 18.2 Å². The minimum absolute atomic E-state index is 0.0108. The maximum Gasteiger partial charge on any atom is 0.323 e. The predicted octanol–water partition coefficient (Wildman–Crippen LogP) is 2.21. The third kappa shape index (κ3) is 2.94. The van der Waals surface area contributed by atoms with Gasteiger partial charge in [-0.25, -0.2) is 4.79 Å². The van der Waals surface area contributed by atoms with E-state index in [1.165, 1.54) is 12.8 Å². The van der Waals surface area contributed by atoms with Crippen molar-refractivity contribution in [3.63, 3.8) is 0 Å². The van der Waals surface area contributed by atoms with Crippen LogP contribution in [0.25, 0.3) is 11.0 Å². The fourth-order valence-corrected chi connectivity index (χ4v) is 2.85. The van der Waals surface area contributed by atoms with E-state index < -0.39 is 0 Å². The van der Waals surface area contributed by atoms with Crippen molar-refractivity contribution < 1.29 is 4.74 Å². The highest BCUT2D eigenvalue weighted by atomic mass is 16.5. The molecule has 20 heavy (non-hydrogen) atoms. The third-order valence-corrected chi connectivity index (χ3v) is 4.04. The number of aromatic nitrogens is 2. The van der Waals surface area contributed by atoms with Crippen LogP contribution < -0.4 is 11.4 Å². The predicted molar refractivity (Wildman–Crippen MR) is 78.7 cm³/mol. The molecule has 2 unspecified atom stereocenters. The van der Waals surface area contributed by atoms with Crippen molar-refractivity contribution in [1.82, 2.24) is 9.97 Å². The van der Waals surface area contributed by atoms with Crippen LogP contribution in [0.5, 0.6) is 0 Å². The molecule has 108 valence electrons. The smallest absolute Gasteiger partial charge is 0.323 e. The van der Waals surface area contributed by atoms with E-state index >= 15 is 0 Å². The SMILES string of the molecule is NC(CCC1CCCCO1)c1ccc2[nH]c(=O)[nH]c2c1. The van der Waals surface area contributed by atoms with Gasteiger partial charge in [0.15, 0.2) is 0 Å². The number of ether oxygens (including phenoxy) is 1. The van der Waals surface area contributed by atoms with Gasteiger partial charge >= 0.3 is 5.69 Å². The topological polar surface area (TPSA) is 83.9 Å². The highest BCUT2D eigenvalue weighted by Crippen LogP contribution is 2.23. The summed E-state index contributed by atoms with van der Waals surface area (Å²) < 4.78 is 5.73. The van der Waals surface area contributed by atoms with Gasteiger partial charge in [-0.15, -0.1) is 0 Å². The molecule has 0 spiro atoms. The molecule has 3 rings (SSSR count). The monoisotopic (exact) mass is 275 g/mol. The van der Waals surface area contributed by atoms with Crippen LogP contribution in [0, 0.1) is 0 Å². The van der Waals surface area contributed by atoms with Crippen molar-refractivity contribution in [2.24, 2.45) is 5.73 Å². The van der Waals surface area contributed by atoms with E-state index in [4.69, 9.17) is 10.5 Å². The standard InChI is InChI=1S/C15H21N3O2/c16-12(6-5-11-3-1-2-8-20-11)10-4-7-13-14(9-10)18-15(19)17-13/h4,7,9,11-12H,1-3,5-6,8,16H2,(H2,17,18,19). The molecule has 1 aromatic heterocycles. The molecular formula is C15H21N3O2. The first-order valence-corrected chi connectivity index (χ1v) is 7.31. The summed E-state index contributed by atoms with van der Waals surface area (Å²) in [5, 5.41) is 0. The largest absolute Gasteiger partial charge is 0.378 e. The number of benzene rings is 1. The number of nitrogens with one attached hydrogen (secondary N) is 2. The van der Waals surface area contributed by atoms with Gasteiger partial charge in [0.2, 0.25) is 0 Å². The number of aromatic amines is 2. The fourth-order valence-electron chi connectivity index (χ4n) is 2.85. The summed E-state index contributed by atoms with van der Waals surface area (Å²) in [6.07, 6.45) is 5.87. The summed E-state index contributed by atoms with van der Waals surface area (Å²) in [7, 11) is 0. The number of fused-ring (bicyclic) bond motifs is 1. The number of imidazole rings is 1. The molecule has 0 bridgehead atoms. The van der Waals surface area contributed by atoms with Crippen LogP contribution in [0.3, 0.4) is 0 Å².